The minimum Gasteiger partial charge on any atom is -0.494 e. The Morgan fingerprint density at radius 2 is 2.10 bits per heavy atom. The summed E-state index contributed by atoms with van der Waals surface area (Å²) in [6.07, 6.45) is 8.48. The molecule has 1 aromatic rings. The van der Waals surface area contributed by atoms with Crippen molar-refractivity contribution in [3.05, 3.63) is 59.7 Å². The van der Waals surface area contributed by atoms with Crippen LogP contribution in [0.15, 0.2) is 48.3 Å². The number of hydrogen-bond acceptors (Lipinski definition) is 4. The first-order valence-corrected chi connectivity index (χ1v) is 9.96. The summed E-state index contributed by atoms with van der Waals surface area (Å²) in [5, 5.41) is 0. The summed E-state index contributed by atoms with van der Waals surface area (Å²) in [6, 6.07) is 5.28. The van der Waals surface area contributed by atoms with Crippen LogP contribution in [0.5, 0.6) is 5.75 Å². The van der Waals surface area contributed by atoms with Gasteiger partial charge in [-0.3, -0.25) is 4.79 Å². The highest BCUT2D eigenvalue weighted by molar-refractivity contribution is 5.91. The summed E-state index contributed by atoms with van der Waals surface area (Å²) >= 11 is 0. The molecule has 0 aromatic heterocycles. The van der Waals surface area contributed by atoms with Gasteiger partial charge in [0.25, 0.3) is 5.91 Å². The lowest BCUT2D eigenvalue weighted by atomic mass is 10.0. The van der Waals surface area contributed by atoms with Gasteiger partial charge in [-0.05, 0) is 57.6 Å². The molecule has 156 valence electrons. The molecule has 2 heterocycles. The second-order valence-corrected chi connectivity index (χ2v) is 7.92. The van der Waals surface area contributed by atoms with E-state index >= 15 is 0 Å². The number of allylic oxidation sites excluding steroid dienone is 3. The Balaban J connectivity index is 1.77. The van der Waals surface area contributed by atoms with Gasteiger partial charge in [0.05, 0.1) is 13.2 Å². The molecule has 1 amide bonds. The number of carbonyl (C=O) groups excluding carboxylic acids is 1. The summed E-state index contributed by atoms with van der Waals surface area (Å²) in [4.78, 5) is 19.2. The van der Waals surface area contributed by atoms with Gasteiger partial charge < -0.3 is 19.4 Å². The molecule has 1 saturated heterocycles. The molecule has 1 unspecified atom stereocenters. The normalized spacial score (nSPS) is 22.3. The molecule has 1 fully saturated rings. The summed E-state index contributed by atoms with van der Waals surface area (Å²) < 4.78 is 19.1. The van der Waals surface area contributed by atoms with Gasteiger partial charge in [0.15, 0.2) is 11.6 Å². The van der Waals surface area contributed by atoms with E-state index in [1.807, 2.05) is 26.0 Å². The fourth-order valence-electron chi connectivity index (χ4n) is 3.76. The number of nitrogens with zero attached hydrogens (tertiary/aromatic N) is 3. The predicted molar refractivity (Wildman–Crippen MR) is 114 cm³/mol. The first-order chi connectivity index (χ1) is 13.8. The van der Waals surface area contributed by atoms with Crippen molar-refractivity contribution < 1.29 is 13.9 Å². The molecule has 0 saturated carbocycles. The molecule has 2 atom stereocenters. The summed E-state index contributed by atoms with van der Waals surface area (Å²) in [6.45, 7) is 5.85. The molecular formula is C23H30FN3O2. The van der Waals surface area contributed by atoms with Gasteiger partial charge >= 0.3 is 0 Å². The lowest BCUT2D eigenvalue weighted by molar-refractivity contribution is -0.124. The van der Waals surface area contributed by atoms with Gasteiger partial charge in [-0.15, -0.1) is 0 Å². The number of benzene rings is 1. The van der Waals surface area contributed by atoms with Crippen LogP contribution in [-0.4, -0.2) is 67.0 Å². The zero-order valence-corrected chi connectivity index (χ0v) is 17.9. The maximum Gasteiger partial charge on any atom is 0.252 e. The average molecular weight is 400 g/mol. The third-order valence-electron chi connectivity index (χ3n) is 5.74. The molecule has 0 N–H and O–H groups in total. The number of likely N-dealkylation sites (tertiary alicyclic amines) is 1. The van der Waals surface area contributed by atoms with Gasteiger partial charge in [0.1, 0.15) is 0 Å². The second-order valence-electron chi connectivity index (χ2n) is 7.92. The molecule has 6 heteroatoms. The molecule has 2 aliphatic heterocycles. The Morgan fingerprint density at radius 3 is 2.72 bits per heavy atom. The fourth-order valence-corrected chi connectivity index (χ4v) is 3.76. The van der Waals surface area contributed by atoms with E-state index in [0.717, 1.165) is 30.8 Å². The lowest BCUT2D eigenvalue weighted by Gasteiger charge is -2.28. The molecule has 0 radical (unpaired) electrons. The van der Waals surface area contributed by atoms with E-state index in [1.165, 1.54) is 13.2 Å². The first-order valence-electron chi connectivity index (χ1n) is 9.96. The predicted octanol–water partition coefficient (Wildman–Crippen LogP) is 3.50. The highest BCUT2D eigenvalue weighted by atomic mass is 19.1. The first kappa shape index (κ1) is 21.1. The summed E-state index contributed by atoms with van der Waals surface area (Å²) in [7, 11) is 5.62. The summed E-state index contributed by atoms with van der Waals surface area (Å²) in [5.74, 6) is -0.286. The largest absolute Gasteiger partial charge is 0.494 e. The third kappa shape index (κ3) is 4.70. The van der Waals surface area contributed by atoms with Crippen LogP contribution in [0.1, 0.15) is 25.8 Å². The maximum absolute atomic E-state index is 14.1. The number of methoxy groups -OCH3 is 1. The minimum atomic E-state index is -0.420. The smallest absolute Gasteiger partial charge is 0.252 e. The fraction of sp³-hybridized carbons (Fsp3) is 0.435. The quantitative estimate of drug-likeness (QED) is 0.710. The number of ether oxygens (including phenoxy) is 1. The molecule has 29 heavy (non-hydrogen) atoms. The van der Waals surface area contributed by atoms with E-state index in [1.54, 1.807) is 29.3 Å². The SMILES string of the molecule is COc1ccc(C2=CN(C(=O)/C=C(\C)N3CC[C@@H](N(C)C)C3)C(C)C=C2)cc1F. The monoisotopic (exact) mass is 399 g/mol. The topological polar surface area (TPSA) is 36.0 Å². The van der Waals surface area contributed by atoms with Crippen LogP contribution in [-0.2, 0) is 4.79 Å². The lowest BCUT2D eigenvalue weighted by Crippen LogP contribution is -2.35. The number of likely N-dealkylation sites (N-methyl/N-ethyl adjacent to an activating group) is 1. The van der Waals surface area contributed by atoms with Crippen LogP contribution < -0.4 is 4.74 Å². The van der Waals surface area contributed by atoms with E-state index in [-0.39, 0.29) is 17.7 Å². The maximum atomic E-state index is 14.1. The van der Waals surface area contributed by atoms with Gasteiger partial charge in [-0.1, -0.05) is 18.2 Å². The zero-order chi connectivity index (χ0) is 21.1. The van der Waals surface area contributed by atoms with Gasteiger partial charge in [0, 0.05) is 37.1 Å². The molecule has 2 aliphatic rings. The Kier molecular flexibility index (Phi) is 6.42. The van der Waals surface area contributed by atoms with Crippen molar-refractivity contribution in [2.24, 2.45) is 0 Å². The van der Waals surface area contributed by atoms with Crippen molar-refractivity contribution in [2.75, 3.05) is 34.3 Å². The van der Waals surface area contributed by atoms with E-state index in [9.17, 15) is 9.18 Å². The molecule has 3 rings (SSSR count). The van der Waals surface area contributed by atoms with Gasteiger partial charge in [-0.25, -0.2) is 4.39 Å². The zero-order valence-electron chi connectivity index (χ0n) is 17.9. The molecule has 0 aliphatic carbocycles. The van der Waals surface area contributed by atoms with Crippen molar-refractivity contribution in [3.63, 3.8) is 0 Å². The standard InChI is InChI=1S/C23H30FN3O2/c1-16-6-7-19(18-8-9-22(29-5)21(24)13-18)14-27(16)23(28)12-17(2)26-11-10-20(15-26)25(3)4/h6-9,12-14,16,20H,10-11,15H2,1-5H3/b17-12+/t16?,20-/m1/s1. The Morgan fingerprint density at radius 1 is 1.34 bits per heavy atom. The number of carbonyl (C=O) groups is 1. The van der Waals surface area contributed by atoms with Crippen molar-refractivity contribution in [3.8, 4) is 5.75 Å². The Hall–Kier alpha value is -2.60. The second kappa shape index (κ2) is 8.82. The van der Waals surface area contributed by atoms with Crippen LogP contribution in [0.3, 0.4) is 0 Å². The number of halogens is 1. The van der Waals surface area contributed by atoms with Crippen LogP contribution in [0.25, 0.3) is 5.57 Å². The molecule has 0 bridgehead atoms. The van der Waals surface area contributed by atoms with Gasteiger partial charge in [0.2, 0.25) is 0 Å². The van der Waals surface area contributed by atoms with Crippen molar-refractivity contribution >= 4 is 11.5 Å². The minimum absolute atomic E-state index is 0.0634. The Bertz CT molecular complexity index is 860. The highest BCUT2D eigenvalue weighted by Crippen LogP contribution is 2.27. The van der Waals surface area contributed by atoms with Crippen LogP contribution in [0.4, 0.5) is 4.39 Å². The summed E-state index contributed by atoms with van der Waals surface area (Å²) in [5.41, 5.74) is 2.47. The van der Waals surface area contributed by atoms with Crippen LogP contribution in [0.2, 0.25) is 0 Å². The molecular weight excluding hydrogens is 369 g/mol. The molecule has 5 nitrogen and oxygen atoms in total. The van der Waals surface area contributed by atoms with E-state index < -0.39 is 5.82 Å². The van der Waals surface area contributed by atoms with Gasteiger partial charge in [-0.2, -0.15) is 0 Å². The van der Waals surface area contributed by atoms with Crippen LogP contribution >= 0.6 is 0 Å². The van der Waals surface area contributed by atoms with Crippen molar-refractivity contribution in [1.29, 1.82) is 0 Å². The average Bonchev–Trinajstić information content (AvgIpc) is 3.19. The van der Waals surface area contributed by atoms with E-state index in [0.29, 0.717) is 11.6 Å². The molecule has 1 aromatic carbocycles. The highest BCUT2D eigenvalue weighted by Gasteiger charge is 2.25. The Labute approximate surface area is 172 Å². The van der Waals surface area contributed by atoms with Crippen LogP contribution in [0, 0.1) is 5.82 Å². The van der Waals surface area contributed by atoms with Crippen molar-refractivity contribution in [1.82, 2.24) is 14.7 Å². The number of hydrogen-bond donors (Lipinski definition) is 0. The van der Waals surface area contributed by atoms with Crippen molar-refractivity contribution in [2.45, 2.75) is 32.4 Å². The van der Waals surface area contributed by atoms with E-state index in [4.69, 9.17) is 4.74 Å². The van der Waals surface area contributed by atoms with E-state index in [2.05, 4.69) is 23.9 Å². The number of rotatable bonds is 5. The number of amides is 1. The third-order valence-corrected chi connectivity index (χ3v) is 5.74. The molecule has 0 spiro atoms.